The average Bonchev–Trinajstić information content (AvgIpc) is 3.05. The zero-order valence-corrected chi connectivity index (χ0v) is 13.9. The summed E-state index contributed by atoms with van der Waals surface area (Å²) in [5.41, 5.74) is 2.79. The van der Waals surface area contributed by atoms with Gasteiger partial charge in [0.15, 0.2) is 0 Å². The summed E-state index contributed by atoms with van der Waals surface area (Å²) in [5, 5.41) is 8.44. The molecular weight excluding hydrogens is 308 g/mol. The number of fused-ring (bicyclic) bond motifs is 1. The first kappa shape index (κ1) is 15.5. The molecule has 0 saturated carbocycles. The number of nitrogens with zero attached hydrogens (tertiary/aromatic N) is 3. The van der Waals surface area contributed by atoms with E-state index in [0.29, 0.717) is 43.5 Å². The van der Waals surface area contributed by atoms with Gasteiger partial charge in [-0.3, -0.25) is 4.79 Å². The van der Waals surface area contributed by atoms with E-state index >= 15 is 0 Å². The minimum atomic E-state index is 0.0205. The second kappa shape index (κ2) is 6.49. The number of hydrogen-bond acceptors (Lipinski definition) is 6. The Kier molecular flexibility index (Phi) is 4.20. The molecule has 128 valence electrons. The van der Waals surface area contributed by atoms with Gasteiger partial charge in [-0.05, 0) is 38.9 Å². The lowest BCUT2D eigenvalue weighted by molar-refractivity contribution is 0.0304. The van der Waals surface area contributed by atoms with E-state index in [0.717, 1.165) is 42.7 Å². The van der Waals surface area contributed by atoms with Crippen molar-refractivity contribution in [2.45, 2.75) is 25.7 Å². The monoisotopic (exact) mass is 330 g/mol. The Morgan fingerprint density at radius 2 is 2.04 bits per heavy atom. The van der Waals surface area contributed by atoms with Gasteiger partial charge in [0.25, 0.3) is 11.6 Å². The van der Waals surface area contributed by atoms with Crippen LogP contribution in [0.2, 0.25) is 0 Å². The fraction of sp³-hybridized carbons (Fsp3) is 0.588. The number of morpholine rings is 1. The largest absolute Gasteiger partial charge is 0.378 e. The number of carbonyl (C=O) groups is 1. The van der Waals surface area contributed by atoms with Crippen LogP contribution in [0.3, 0.4) is 0 Å². The molecule has 7 heteroatoms. The van der Waals surface area contributed by atoms with E-state index in [-0.39, 0.29) is 5.91 Å². The molecule has 0 atom stereocenters. The second-order valence-corrected chi connectivity index (χ2v) is 6.49. The van der Waals surface area contributed by atoms with Crippen LogP contribution in [0.25, 0.3) is 11.1 Å². The van der Waals surface area contributed by atoms with Crippen molar-refractivity contribution in [2.75, 3.05) is 39.4 Å². The molecule has 0 aromatic carbocycles. The number of amides is 1. The SMILES string of the molecule is Cc1cc(C(=O)N2CCOCC2)c2c(C3CCNCC3)noc2n1. The van der Waals surface area contributed by atoms with E-state index in [1.807, 2.05) is 17.9 Å². The highest BCUT2D eigenvalue weighted by Crippen LogP contribution is 2.33. The molecule has 2 aromatic rings. The highest BCUT2D eigenvalue weighted by molar-refractivity contribution is 6.06. The minimum Gasteiger partial charge on any atom is -0.378 e. The summed E-state index contributed by atoms with van der Waals surface area (Å²) in [6, 6.07) is 1.86. The predicted molar refractivity (Wildman–Crippen MR) is 88.1 cm³/mol. The van der Waals surface area contributed by atoms with Gasteiger partial charge in [-0.1, -0.05) is 5.16 Å². The quantitative estimate of drug-likeness (QED) is 0.898. The number of piperidine rings is 1. The Hall–Kier alpha value is -1.99. The van der Waals surface area contributed by atoms with Crippen LogP contribution >= 0.6 is 0 Å². The van der Waals surface area contributed by atoms with E-state index in [1.54, 1.807) is 0 Å². The molecule has 0 spiro atoms. The maximum Gasteiger partial charge on any atom is 0.259 e. The Balaban J connectivity index is 1.77. The van der Waals surface area contributed by atoms with Gasteiger partial charge in [0.1, 0.15) is 0 Å². The molecule has 0 bridgehead atoms. The van der Waals surface area contributed by atoms with E-state index < -0.39 is 0 Å². The predicted octanol–water partition coefficient (Wildman–Crippen LogP) is 1.47. The summed E-state index contributed by atoms with van der Waals surface area (Å²) in [6.45, 7) is 6.22. The van der Waals surface area contributed by atoms with Crippen LogP contribution in [0.4, 0.5) is 0 Å². The molecule has 2 aliphatic rings. The summed E-state index contributed by atoms with van der Waals surface area (Å²) < 4.78 is 10.8. The van der Waals surface area contributed by atoms with Crippen LogP contribution in [-0.2, 0) is 4.74 Å². The number of hydrogen-bond donors (Lipinski definition) is 1. The Morgan fingerprint density at radius 1 is 1.29 bits per heavy atom. The first-order valence-corrected chi connectivity index (χ1v) is 8.58. The third-order valence-electron chi connectivity index (χ3n) is 4.86. The molecule has 2 aromatic heterocycles. The topological polar surface area (TPSA) is 80.5 Å². The standard InChI is InChI=1S/C17H22N4O3/c1-11-10-13(17(22)21-6-8-23-9-7-21)14-15(20-24-16(14)19-11)12-2-4-18-5-3-12/h10,12,18H,2-9H2,1H3. The van der Waals surface area contributed by atoms with E-state index in [4.69, 9.17) is 9.26 Å². The third kappa shape index (κ3) is 2.78. The lowest BCUT2D eigenvalue weighted by Crippen LogP contribution is -2.40. The molecular formula is C17H22N4O3. The first-order chi connectivity index (χ1) is 11.7. The van der Waals surface area contributed by atoms with Crippen molar-refractivity contribution in [3.63, 3.8) is 0 Å². The molecule has 1 amide bonds. The number of ether oxygens (including phenoxy) is 1. The molecule has 0 radical (unpaired) electrons. The number of rotatable bonds is 2. The van der Waals surface area contributed by atoms with Crippen molar-refractivity contribution in [3.05, 3.63) is 23.0 Å². The van der Waals surface area contributed by atoms with E-state index in [1.165, 1.54) is 0 Å². The first-order valence-electron chi connectivity index (χ1n) is 8.58. The van der Waals surface area contributed by atoms with Crippen molar-refractivity contribution in [1.82, 2.24) is 20.4 Å². The Labute approximate surface area is 140 Å². The van der Waals surface area contributed by atoms with Crippen molar-refractivity contribution in [2.24, 2.45) is 0 Å². The maximum absolute atomic E-state index is 13.1. The molecule has 2 aliphatic heterocycles. The van der Waals surface area contributed by atoms with Gasteiger partial charge in [0.05, 0.1) is 29.9 Å². The highest BCUT2D eigenvalue weighted by Gasteiger charge is 2.28. The summed E-state index contributed by atoms with van der Waals surface area (Å²) >= 11 is 0. The number of aromatic nitrogens is 2. The lowest BCUT2D eigenvalue weighted by Gasteiger charge is -2.27. The van der Waals surface area contributed by atoms with E-state index in [2.05, 4.69) is 15.5 Å². The van der Waals surface area contributed by atoms with Gasteiger partial charge in [-0.2, -0.15) is 0 Å². The molecule has 0 unspecified atom stereocenters. The summed E-state index contributed by atoms with van der Waals surface area (Å²) in [5.74, 6) is 0.334. The highest BCUT2D eigenvalue weighted by atomic mass is 16.5. The number of aryl methyl sites for hydroxylation is 1. The number of pyridine rings is 1. The zero-order valence-electron chi connectivity index (χ0n) is 13.9. The van der Waals surface area contributed by atoms with Crippen LogP contribution in [-0.4, -0.2) is 60.3 Å². The van der Waals surface area contributed by atoms with Crippen LogP contribution in [0.5, 0.6) is 0 Å². The second-order valence-electron chi connectivity index (χ2n) is 6.49. The third-order valence-corrected chi connectivity index (χ3v) is 4.86. The van der Waals surface area contributed by atoms with Crippen molar-refractivity contribution < 1.29 is 14.1 Å². The van der Waals surface area contributed by atoms with Gasteiger partial charge >= 0.3 is 0 Å². The molecule has 24 heavy (non-hydrogen) atoms. The fourth-order valence-electron chi connectivity index (χ4n) is 3.58. The van der Waals surface area contributed by atoms with Crippen LogP contribution < -0.4 is 5.32 Å². The molecule has 4 heterocycles. The zero-order chi connectivity index (χ0) is 16.5. The summed E-state index contributed by atoms with van der Waals surface area (Å²) in [7, 11) is 0. The smallest absolute Gasteiger partial charge is 0.259 e. The molecule has 2 saturated heterocycles. The van der Waals surface area contributed by atoms with Crippen molar-refractivity contribution in [3.8, 4) is 0 Å². The van der Waals surface area contributed by atoms with Crippen LogP contribution in [0, 0.1) is 6.92 Å². The Morgan fingerprint density at radius 3 is 2.79 bits per heavy atom. The van der Waals surface area contributed by atoms with Crippen LogP contribution in [0.1, 0.15) is 40.5 Å². The molecule has 7 nitrogen and oxygen atoms in total. The number of nitrogens with one attached hydrogen (secondary N) is 1. The maximum atomic E-state index is 13.1. The van der Waals surface area contributed by atoms with Crippen molar-refractivity contribution >= 4 is 17.0 Å². The summed E-state index contributed by atoms with van der Waals surface area (Å²) in [4.78, 5) is 19.3. The van der Waals surface area contributed by atoms with Gasteiger partial charge in [0, 0.05) is 24.7 Å². The molecule has 0 aliphatic carbocycles. The van der Waals surface area contributed by atoms with Gasteiger partial charge in [-0.25, -0.2) is 4.98 Å². The minimum absolute atomic E-state index is 0.0205. The Bertz CT molecular complexity index is 746. The fourth-order valence-corrected chi connectivity index (χ4v) is 3.58. The normalized spacial score (nSPS) is 19.8. The molecule has 2 fully saturated rings. The van der Waals surface area contributed by atoms with E-state index in [9.17, 15) is 4.79 Å². The summed E-state index contributed by atoms with van der Waals surface area (Å²) in [6.07, 6.45) is 2.00. The molecule has 1 N–H and O–H groups in total. The van der Waals surface area contributed by atoms with Crippen molar-refractivity contribution in [1.29, 1.82) is 0 Å². The van der Waals surface area contributed by atoms with Gasteiger partial charge in [-0.15, -0.1) is 0 Å². The lowest BCUT2D eigenvalue weighted by atomic mass is 9.91. The van der Waals surface area contributed by atoms with Gasteiger partial charge < -0.3 is 19.5 Å². The average molecular weight is 330 g/mol. The number of carbonyl (C=O) groups excluding carboxylic acids is 1. The van der Waals surface area contributed by atoms with Gasteiger partial charge in [0.2, 0.25) is 0 Å². The molecule has 4 rings (SSSR count). The van der Waals surface area contributed by atoms with Crippen LogP contribution in [0.15, 0.2) is 10.6 Å².